The smallest absolute Gasteiger partial charge is 0.225 e. The van der Waals surface area contributed by atoms with Crippen LogP contribution in [-0.2, 0) is 9.53 Å². The Balaban J connectivity index is 1.11. The number of hydrogen-bond donors (Lipinski definition) is 1. The Hall–Kier alpha value is -1.85. The molecule has 1 amide bonds. The van der Waals surface area contributed by atoms with E-state index >= 15 is 0 Å². The molecule has 168 valence electrons. The first-order valence-electron chi connectivity index (χ1n) is 12.4. The summed E-state index contributed by atoms with van der Waals surface area (Å²) in [5, 5.41) is 3.29. The predicted octanol–water partition coefficient (Wildman–Crippen LogP) is 5.01. The van der Waals surface area contributed by atoms with Crippen molar-refractivity contribution in [3.63, 3.8) is 0 Å². The first-order valence-corrected chi connectivity index (χ1v) is 12.4. The zero-order chi connectivity index (χ0) is 21.0. The first-order chi connectivity index (χ1) is 15.3. The Bertz CT molecular complexity index is 820. The van der Waals surface area contributed by atoms with Gasteiger partial charge in [-0.05, 0) is 82.5 Å². The van der Waals surface area contributed by atoms with Crippen molar-refractivity contribution in [1.82, 2.24) is 10.2 Å². The zero-order valence-electron chi connectivity index (χ0n) is 18.6. The predicted molar refractivity (Wildman–Crippen MR) is 121 cm³/mol. The summed E-state index contributed by atoms with van der Waals surface area (Å²) in [6.45, 7) is 3.70. The summed E-state index contributed by atoms with van der Waals surface area (Å²) in [7, 11) is 0. The fraction of sp³-hybridized carbons (Fsp3) is 0.654. The molecule has 0 aromatic heterocycles. The molecule has 2 saturated heterocycles. The average Bonchev–Trinajstić information content (AvgIpc) is 3.50. The van der Waals surface area contributed by atoms with E-state index in [4.69, 9.17) is 9.15 Å². The van der Waals surface area contributed by atoms with Crippen molar-refractivity contribution in [3.8, 4) is 11.3 Å². The minimum atomic E-state index is 0.0769. The number of nitrogens with one attached hydrogen (secondary N) is 1. The molecule has 31 heavy (non-hydrogen) atoms. The molecule has 5 aliphatic rings. The highest BCUT2D eigenvalue weighted by Crippen LogP contribution is 2.36. The summed E-state index contributed by atoms with van der Waals surface area (Å²) in [6, 6.07) is 9.43. The Morgan fingerprint density at radius 1 is 1.10 bits per heavy atom. The van der Waals surface area contributed by atoms with E-state index in [9.17, 15) is 4.79 Å². The first kappa shape index (κ1) is 21.0. The van der Waals surface area contributed by atoms with Crippen molar-refractivity contribution in [2.24, 2.45) is 11.8 Å². The van der Waals surface area contributed by atoms with E-state index in [0.29, 0.717) is 18.7 Å². The number of fused-ring (bicyclic) bond motifs is 1. The minimum Gasteiger partial charge on any atom is -0.464 e. The minimum absolute atomic E-state index is 0.0769. The van der Waals surface area contributed by atoms with Gasteiger partial charge in [0, 0.05) is 29.8 Å². The summed E-state index contributed by atoms with van der Waals surface area (Å²) in [4.78, 5) is 15.0. The fourth-order valence-corrected chi connectivity index (χ4v) is 5.80. The molecule has 3 fully saturated rings. The van der Waals surface area contributed by atoms with Crippen LogP contribution in [0.2, 0.25) is 0 Å². The van der Waals surface area contributed by atoms with E-state index in [0.717, 1.165) is 37.5 Å². The Kier molecular flexibility index (Phi) is 6.61. The van der Waals surface area contributed by atoms with Crippen molar-refractivity contribution in [1.29, 1.82) is 0 Å². The molecular formula is C26H36N2O3. The molecule has 2 aliphatic carbocycles. The van der Waals surface area contributed by atoms with Crippen LogP contribution in [-0.4, -0.2) is 43.2 Å². The van der Waals surface area contributed by atoms with E-state index in [2.05, 4.69) is 28.4 Å². The lowest BCUT2D eigenvalue weighted by Gasteiger charge is -2.37. The van der Waals surface area contributed by atoms with Crippen LogP contribution in [0.5, 0.6) is 0 Å². The number of carbonyl (C=O) groups excluding carboxylic acids is 1. The fourth-order valence-electron chi connectivity index (χ4n) is 5.80. The van der Waals surface area contributed by atoms with Crippen LogP contribution in [0.3, 0.4) is 0 Å². The molecule has 0 radical (unpaired) electrons. The number of hydrogen-bond acceptors (Lipinski definition) is 4. The molecule has 5 heteroatoms. The molecule has 1 N–H and O–H groups in total. The topological polar surface area (TPSA) is 54.7 Å². The molecule has 5 rings (SSSR count). The molecule has 0 aromatic rings. The van der Waals surface area contributed by atoms with Gasteiger partial charge in [0.25, 0.3) is 0 Å². The number of piperidine rings is 1. The van der Waals surface area contributed by atoms with Crippen LogP contribution in [0.25, 0.3) is 11.3 Å². The van der Waals surface area contributed by atoms with Gasteiger partial charge in [-0.3, -0.25) is 9.69 Å². The third-order valence-corrected chi connectivity index (χ3v) is 7.77. The highest BCUT2D eigenvalue weighted by molar-refractivity contribution is 5.79. The van der Waals surface area contributed by atoms with Crippen molar-refractivity contribution in [3.05, 3.63) is 36.1 Å². The standard InChI is InChI=1S/C26H36N2O3/c29-26(21-12-15-30-17-21)27-23-9-7-19(8-10-23)11-14-28-13-2-1-5-24(28)22-16-20-4-3-6-25(20)31-18-22/h3-4,6,16,18-19,21,23-24H,1-2,5,7-15,17H2,(H,27,29). The molecule has 0 bridgehead atoms. The van der Waals surface area contributed by atoms with E-state index in [1.807, 2.05) is 12.3 Å². The summed E-state index contributed by atoms with van der Waals surface area (Å²) in [5.41, 5.74) is 2.55. The second-order valence-corrected chi connectivity index (χ2v) is 9.85. The van der Waals surface area contributed by atoms with Crippen molar-refractivity contribution in [2.45, 2.75) is 69.9 Å². The number of carbonyl (C=O) groups is 1. The molecule has 0 aromatic carbocycles. The molecular weight excluding hydrogens is 388 g/mol. The quantitative estimate of drug-likeness (QED) is 0.708. The molecule has 2 unspecified atom stereocenters. The molecule has 3 aliphatic heterocycles. The van der Waals surface area contributed by atoms with E-state index < -0.39 is 0 Å². The number of rotatable bonds is 6. The van der Waals surface area contributed by atoms with Gasteiger partial charge in [0.2, 0.25) is 5.91 Å². The molecule has 0 spiro atoms. The number of likely N-dealkylation sites (tertiary alicyclic amines) is 1. The van der Waals surface area contributed by atoms with Gasteiger partial charge < -0.3 is 14.5 Å². The summed E-state index contributed by atoms with van der Waals surface area (Å²) in [5.74, 6) is 2.06. The van der Waals surface area contributed by atoms with Gasteiger partial charge in [0.15, 0.2) is 0 Å². The Morgan fingerprint density at radius 2 is 2.00 bits per heavy atom. The van der Waals surface area contributed by atoms with Gasteiger partial charge in [0.05, 0.1) is 18.8 Å². The van der Waals surface area contributed by atoms with Crippen LogP contribution in [0, 0.1) is 11.8 Å². The summed E-state index contributed by atoms with van der Waals surface area (Å²) >= 11 is 0. The van der Waals surface area contributed by atoms with Gasteiger partial charge in [-0.1, -0.05) is 18.6 Å². The summed E-state index contributed by atoms with van der Waals surface area (Å²) < 4.78 is 11.3. The maximum absolute atomic E-state index is 12.4. The maximum atomic E-state index is 12.4. The monoisotopic (exact) mass is 424 g/mol. The van der Waals surface area contributed by atoms with Gasteiger partial charge in [-0.2, -0.15) is 0 Å². The van der Waals surface area contributed by atoms with Gasteiger partial charge in [-0.25, -0.2) is 0 Å². The lowest BCUT2D eigenvalue weighted by molar-refractivity contribution is -0.125. The molecule has 1 saturated carbocycles. The van der Waals surface area contributed by atoms with Crippen LogP contribution >= 0.6 is 0 Å². The van der Waals surface area contributed by atoms with Crippen LogP contribution in [0.15, 0.2) is 34.9 Å². The van der Waals surface area contributed by atoms with E-state index in [1.165, 1.54) is 62.7 Å². The SMILES string of the molecule is O=C(NC1CCC(CCN2CCCCC2c2coc3cccc-3c2)CC1)C1CCOC1. The highest BCUT2D eigenvalue weighted by atomic mass is 16.5. The van der Waals surface area contributed by atoms with Crippen LogP contribution in [0.4, 0.5) is 0 Å². The Labute approximate surface area is 185 Å². The third-order valence-electron chi connectivity index (χ3n) is 7.77. The third kappa shape index (κ3) is 4.98. The number of amides is 1. The largest absolute Gasteiger partial charge is 0.464 e. The normalized spacial score (nSPS) is 29.9. The second-order valence-electron chi connectivity index (χ2n) is 9.85. The zero-order valence-corrected chi connectivity index (χ0v) is 18.6. The Morgan fingerprint density at radius 3 is 2.84 bits per heavy atom. The van der Waals surface area contributed by atoms with Crippen molar-refractivity contribution < 1.29 is 13.9 Å². The van der Waals surface area contributed by atoms with Crippen LogP contribution < -0.4 is 5.32 Å². The van der Waals surface area contributed by atoms with Crippen LogP contribution in [0.1, 0.15) is 69.4 Å². The average molecular weight is 425 g/mol. The van der Waals surface area contributed by atoms with Gasteiger partial charge in [0.1, 0.15) is 5.76 Å². The second kappa shape index (κ2) is 9.74. The lowest BCUT2D eigenvalue weighted by Crippen LogP contribution is -2.41. The highest BCUT2D eigenvalue weighted by Gasteiger charge is 2.29. The number of ether oxygens (including phenoxy) is 1. The number of nitrogens with zero attached hydrogens (tertiary/aromatic N) is 1. The van der Waals surface area contributed by atoms with Crippen molar-refractivity contribution >= 4 is 5.91 Å². The van der Waals surface area contributed by atoms with Crippen molar-refractivity contribution in [2.75, 3.05) is 26.3 Å². The molecule has 3 heterocycles. The maximum Gasteiger partial charge on any atom is 0.225 e. The molecule has 2 atom stereocenters. The lowest BCUT2D eigenvalue weighted by atomic mass is 9.83. The van der Waals surface area contributed by atoms with E-state index in [1.54, 1.807) is 0 Å². The van der Waals surface area contributed by atoms with E-state index in [-0.39, 0.29) is 11.8 Å². The molecule has 5 nitrogen and oxygen atoms in total. The van der Waals surface area contributed by atoms with Gasteiger partial charge in [-0.15, -0.1) is 0 Å². The summed E-state index contributed by atoms with van der Waals surface area (Å²) in [6.07, 6.45) is 12.7. The van der Waals surface area contributed by atoms with Gasteiger partial charge >= 0.3 is 0 Å².